The van der Waals surface area contributed by atoms with Crippen molar-refractivity contribution in [3.63, 3.8) is 0 Å². The maximum absolute atomic E-state index is 11.2. The number of methoxy groups -OCH3 is 1. The van der Waals surface area contributed by atoms with Crippen molar-refractivity contribution in [3.05, 3.63) is 29.3 Å². The zero-order chi connectivity index (χ0) is 13.0. The van der Waals surface area contributed by atoms with Crippen LogP contribution in [0.2, 0.25) is 0 Å². The number of nitrogens with zero attached hydrogens (tertiary/aromatic N) is 3. The highest BCUT2D eigenvalue weighted by atomic mass is 32.1. The maximum Gasteiger partial charge on any atom is 0.307 e. The van der Waals surface area contributed by atoms with Crippen LogP contribution in [0, 0.1) is 4.77 Å². The number of carbonyl (C=O) groups excluding carboxylic acids is 1. The van der Waals surface area contributed by atoms with Crippen molar-refractivity contribution in [3.8, 4) is 11.4 Å². The lowest BCUT2D eigenvalue weighted by atomic mass is 10.2. The molecule has 0 saturated carbocycles. The third-order valence-corrected chi connectivity index (χ3v) is 2.76. The maximum atomic E-state index is 11.2. The molecule has 0 saturated heterocycles. The van der Waals surface area contributed by atoms with E-state index < -0.39 is 0 Å². The monoisotopic (exact) mass is 264 g/mol. The molecule has 0 radical (unpaired) electrons. The van der Waals surface area contributed by atoms with Gasteiger partial charge in [0.25, 0.3) is 0 Å². The first-order chi connectivity index (χ1) is 8.72. The van der Waals surface area contributed by atoms with E-state index in [1.165, 1.54) is 7.11 Å². The molecule has 18 heavy (non-hydrogen) atoms. The summed E-state index contributed by atoms with van der Waals surface area (Å²) in [5.41, 5.74) is 0.842. The summed E-state index contributed by atoms with van der Waals surface area (Å²) in [5, 5.41) is 6.86. The average Bonchev–Trinajstić information content (AvgIpc) is 2.78. The number of aromatic nitrogens is 4. The minimum atomic E-state index is -0.282. The molecule has 0 atom stereocenters. The number of aromatic amines is 1. The molecule has 0 aliphatic heterocycles. The number of ether oxygens (including phenoxy) is 1. The lowest BCUT2D eigenvalue weighted by Crippen LogP contribution is -2.08. The summed E-state index contributed by atoms with van der Waals surface area (Å²) in [5.74, 6) is 0.382. The molecule has 0 aliphatic carbocycles. The van der Waals surface area contributed by atoms with Gasteiger partial charge in [0.05, 0.1) is 13.5 Å². The molecule has 2 aromatic rings. The molecule has 0 bridgehead atoms. The van der Waals surface area contributed by atoms with Gasteiger partial charge in [-0.25, -0.2) is 0 Å². The highest BCUT2D eigenvalue weighted by molar-refractivity contribution is 7.71. The van der Waals surface area contributed by atoms with E-state index in [0.29, 0.717) is 17.1 Å². The molecule has 0 fully saturated rings. The van der Waals surface area contributed by atoms with E-state index in [1.54, 1.807) is 17.0 Å². The van der Waals surface area contributed by atoms with Crippen LogP contribution in [0.25, 0.3) is 11.4 Å². The number of pyridine rings is 1. The number of rotatable bonds is 4. The first-order valence-electron chi connectivity index (χ1n) is 5.35. The third-order valence-electron chi connectivity index (χ3n) is 2.45. The molecule has 2 rings (SSSR count). The fraction of sp³-hybridized carbons (Fsp3) is 0.273. The van der Waals surface area contributed by atoms with Gasteiger partial charge >= 0.3 is 5.97 Å². The SMILES string of the molecule is COC(=O)CCn1c(-c2cccnc2)n[nH]c1=S. The molecule has 2 heterocycles. The minimum Gasteiger partial charge on any atom is -0.469 e. The van der Waals surface area contributed by atoms with E-state index in [-0.39, 0.29) is 12.4 Å². The summed E-state index contributed by atoms with van der Waals surface area (Å²) in [7, 11) is 1.36. The molecular formula is C11H12N4O2S. The van der Waals surface area contributed by atoms with Gasteiger partial charge in [0.15, 0.2) is 10.6 Å². The summed E-state index contributed by atoms with van der Waals surface area (Å²) >= 11 is 5.13. The van der Waals surface area contributed by atoms with Gasteiger partial charge in [-0.15, -0.1) is 0 Å². The number of H-pyrrole nitrogens is 1. The van der Waals surface area contributed by atoms with Crippen LogP contribution in [-0.2, 0) is 16.1 Å². The van der Waals surface area contributed by atoms with Gasteiger partial charge in [0, 0.05) is 24.5 Å². The second-order valence-corrected chi connectivity index (χ2v) is 3.96. The van der Waals surface area contributed by atoms with E-state index in [2.05, 4.69) is 19.9 Å². The number of carbonyl (C=O) groups is 1. The van der Waals surface area contributed by atoms with Crippen LogP contribution in [0.5, 0.6) is 0 Å². The number of hydrogen-bond donors (Lipinski definition) is 1. The lowest BCUT2D eigenvalue weighted by Gasteiger charge is -2.05. The van der Waals surface area contributed by atoms with Crippen LogP contribution < -0.4 is 0 Å². The fourth-order valence-corrected chi connectivity index (χ4v) is 1.77. The average molecular weight is 264 g/mol. The fourth-order valence-electron chi connectivity index (χ4n) is 1.55. The highest BCUT2D eigenvalue weighted by Crippen LogP contribution is 2.15. The topological polar surface area (TPSA) is 72.8 Å². The second-order valence-electron chi connectivity index (χ2n) is 3.57. The van der Waals surface area contributed by atoms with Gasteiger partial charge in [0.1, 0.15) is 0 Å². The number of nitrogens with one attached hydrogen (secondary N) is 1. The van der Waals surface area contributed by atoms with Crippen molar-refractivity contribution in [2.45, 2.75) is 13.0 Å². The first-order valence-corrected chi connectivity index (χ1v) is 5.75. The predicted octanol–water partition coefficient (Wildman–Crippen LogP) is 1.57. The van der Waals surface area contributed by atoms with Crippen molar-refractivity contribution in [2.75, 3.05) is 7.11 Å². The summed E-state index contributed by atoms with van der Waals surface area (Å²) in [6.45, 7) is 0.423. The Bertz CT molecular complexity index is 591. The van der Waals surface area contributed by atoms with E-state index in [1.807, 2.05) is 12.1 Å². The van der Waals surface area contributed by atoms with Crippen molar-refractivity contribution in [1.82, 2.24) is 19.7 Å². The van der Waals surface area contributed by atoms with Gasteiger partial charge in [0.2, 0.25) is 0 Å². The zero-order valence-corrected chi connectivity index (χ0v) is 10.6. The largest absolute Gasteiger partial charge is 0.469 e. The Morgan fingerprint density at radius 2 is 2.44 bits per heavy atom. The summed E-state index contributed by atoms with van der Waals surface area (Å²) in [6.07, 6.45) is 3.63. The Morgan fingerprint density at radius 3 is 3.11 bits per heavy atom. The van der Waals surface area contributed by atoms with Crippen LogP contribution in [0.15, 0.2) is 24.5 Å². The van der Waals surface area contributed by atoms with E-state index >= 15 is 0 Å². The molecule has 94 valence electrons. The molecule has 7 heteroatoms. The Morgan fingerprint density at radius 1 is 1.61 bits per heavy atom. The molecule has 6 nitrogen and oxygen atoms in total. The van der Waals surface area contributed by atoms with Crippen molar-refractivity contribution in [2.24, 2.45) is 0 Å². The van der Waals surface area contributed by atoms with Crippen molar-refractivity contribution in [1.29, 1.82) is 0 Å². The molecule has 0 unspecified atom stereocenters. The van der Waals surface area contributed by atoms with Gasteiger partial charge in [-0.3, -0.25) is 19.4 Å². The normalized spacial score (nSPS) is 10.3. The Balaban J connectivity index is 2.28. The highest BCUT2D eigenvalue weighted by Gasteiger charge is 2.10. The molecule has 0 spiro atoms. The zero-order valence-electron chi connectivity index (χ0n) is 9.79. The van der Waals surface area contributed by atoms with Crippen LogP contribution in [0.3, 0.4) is 0 Å². The van der Waals surface area contributed by atoms with Crippen LogP contribution in [0.1, 0.15) is 6.42 Å². The van der Waals surface area contributed by atoms with Crippen molar-refractivity contribution < 1.29 is 9.53 Å². The second kappa shape index (κ2) is 5.54. The van der Waals surface area contributed by atoms with Crippen LogP contribution in [-0.4, -0.2) is 32.8 Å². The van der Waals surface area contributed by atoms with E-state index in [0.717, 1.165) is 5.56 Å². The quantitative estimate of drug-likeness (QED) is 0.670. The van der Waals surface area contributed by atoms with Gasteiger partial charge in [-0.05, 0) is 24.4 Å². The number of esters is 1. The number of hydrogen-bond acceptors (Lipinski definition) is 5. The van der Waals surface area contributed by atoms with E-state index in [9.17, 15) is 4.79 Å². The minimum absolute atomic E-state index is 0.248. The van der Waals surface area contributed by atoms with E-state index in [4.69, 9.17) is 12.2 Å². The Labute approximate surface area is 109 Å². The molecule has 1 N–H and O–H groups in total. The summed E-state index contributed by atoms with van der Waals surface area (Å²) < 4.78 is 6.83. The summed E-state index contributed by atoms with van der Waals surface area (Å²) in [4.78, 5) is 15.2. The van der Waals surface area contributed by atoms with Crippen molar-refractivity contribution >= 4 is 18.2 Å². The Hall–Kier alpha value is -2.02. The molecule has 2 aromatic heterocycles. The first kappa shape index (κ1) is 12.4. The standard InChI is InChI=1S/C11H12N4O2S/c1-17-9(16)4-6-15-10(13-14-11(15)18)8-3-2-5-12-7-8/h2-3,5,7H,4,6H2,1H3,(H,14,18). The Kier molecular flexibility index (Phi) is 3.83. The molecule has 0 amide bonds. The van der Waals surface area contributed by atoms with Crippen LogP contribution >= 0.6 is 12.2 Å². The smallest absolute Gasteiger partial charge is 0.307 e. The molecule has 0 aromatic carbocycles. The van der Waals surface area contributed by atoms with Gasteiger partial charge in [-0.1, -0.05) is 0 Å². The van der Waals surface area contributed by atoms with Gasteiger partial charge < -0.3 is 4.74 Å². The predicted molar refractivity (Wildman–Crippen MR) is 67.3 cm³/mol. The third kappa shape index (κ3) is 2.62. The van der Waals surface area contributed by atoms with Crippen LogP contribution in [0.4, 0.5) is 0 Å². The molecular weight excluding hydrogens is 252 g/mol. The summed E-state index contributed by atoms with van der Waals surface area (Å²) in [6, 6.07) is 3.70. The molecule has 0 aliphatic rings. The van der Waals surface area contributed by atoms with Gasteiger partial charge in [-0.2, -0.15) is 5.10 Å². The lowest BCUT2D eigenvalue weighted by molar-refractivity contribution is -0.140.